The van der Waals surface area contributed by atoms with Crippen molar-refractivity contribution in [2.45, 2.75) is 0 Å². The molecule has 2 aromatic rings. The van der Waals surface area contributed by atoms with E-state index >= 15 is 0 Å². The van der Waals surface area contributed by atoms with Crippen LogP contribution in [0.4, 0.5) is 5.82 Å². The molecular formula is C15H10BrN3O5. The van der Waals surface area contributed by atoms with Crippen molar-refractivity contribution >= 4 is 39.5 Å². The average Bonchev–Trinajstić information content (AvgIpc) is 2.81. The number of nitrogens with zero attached hydrogens (tertiary/aromatic N) is 1. The zero-order valence-electron chi connectivity index (χ0n) is 12.3. The van der Waals surface area contributed by atoms with E-state index in [1.165, 1.54) is 19.2 Å². The molecule has 0 radical (unpaired) electrons. The van der Waals surface area contributed by atoms with E-state index in [4.69, 9.17) is 10.5 Å². The number of amides is 2. The molecule has 0 saturated carbocycles. The van der Waals surface area contributed by atoms with Crippen molar-refractivity contribution in [1.82, 2.24) is 9.88 Å². The van der Waals surface area contributed by atoms with Crippen LogP contribution in [0.25, 0.3) is 5.69 Å². The quantitative estimate of drug-likeness (QED) is 0.578. The Morgan fingerprint density at radius 3 is 2.58 bits per heavy atom. The summed E-state index contributed by atoms with van der Waals surface area (Å²) >= 11 is 3.26. The van der Waals surface area contributed by atoms with Gasteiger partial charge in [0.15, 0.2) is 0 Å². The van der Waals surface area contributed by atoms with E-state index in [1.54, 1.807) is 6.07 Å². The van der Waals surface area contributed by atoms with Gasteiger partial charge in [-0.3, -0.25) is 24.3 Å². The van der Waals surface area contributed by atoms with Gasteiger partial charge in [0.2, 0.25) is 0 Å². The second-order valence-electron chi connectivity index (χ2n) is 4.93. The van der Waals surface area contributed by atoms with Crippen LogP contribution in [0.5, 0.6) is 0 Å². The number of benzene rings is 1. The standard InChI is InChI=1S/C15H10BrN3O5/c1-24-15(23)7-3-2-6(16)4-9(7)19-10(20)5-8-11(12(19)17)14(22)18-13(8)21/h2-5H,17H2,1H3,(H,18,21,22). The Labute approximate surface area is 143 Å². The number of fused-ring (bicyclic) bond motifs is 1. The number of pyridine rings is 1. The number of methoxy groups -OCH3 is 1. The van der Waals surface area contributed by atoms with Crippen LogP contribution in [0.1, 0.15) is 31.1 Å². The van der Waals surface area contributed by atoms with Crippen LogP contribution in [0.2, 0.25) is 0 Å². The van der Waals surface area contributed by atoms with E-state index < -0.39 is 23.3 Å². The van der Waals surface area contributed by atoms with Crippen LogP contribution >= 0.6 is 15.9 Å². The summed E-state index contributed by atoms with van der Waals surface area (Å²) in [4.78, 5) is 48.0. The van der Waals surface area contributed by atoms with Crippen LogP contribution < -0.4 is 16.6 Å². The molecule has 1 aliphatic heterocycles. The number of nitrogen functional groups attached to an aromatic ring is 1. The highest BCUT2D eigenvalue weighted by molar-refractivity contribution is 9.10. The van der Waals surface area contributed by atoms with E-state index in [2.05, 4.69) is 21.2 Å². The number of nitrogens with one attached hydrogen (secondary N) is 1. The third-order valence-electron chi connectivity index (χ3n) is 3.56. The zero-order valence-corrected chi connectivity index (χ0v) is 13.8. The number of nitrogens with two attached hydrogens (primary N) is 1. The molecule has 122 valence electrons. The molecule has 0 saturated heterocycles. The van der Waals surface area contributed by atoms with E-state index in [1.807, 2.05) is 0 Å². The van der Waals surface area contributed by atoms with Crippen LogP contribution in [-0.4, -0.2) is 29.5 Å². The summed E-state index contributed by atoms with van der Waals surface area (Å²) in [6.45, 7) is 0. The van der Waals surface area contributed by atoms with Gasteiger partial charge in [-0.2, -0.15) is 0 Å². The predicted octanol–water partition coefficient (Wildman–Crippen LogP) is 0.852. The molecule has 0 spiro atoms. The molecule has 2 amide bonds. The first-order valence-corrected chi connectivity index (χ1v) is 7.44. The number of ether oxygens (including phenoxy) is 1. The Kier molecular flexibility index (Phi) is 3.72. The van der Waals surface area contributed by atoms with Crippen molar-refractivity contribution < 1.29 is 19.1 Å². The first-order valence-electron chi connectivity index (χ1n) is 6.64. The van der Waals surface area contributed by atoms with E-state index in [9.17, 15) is 19.2 Å². The topological polar surface area (TPSA) is 120 Å². The Balaban J connectivity index is 2.37. The lowest BCUT2D eigenvalue weighted by molar-refractivity contribution is 0.0600. The van der Waals surface area contributed by atoms with Crippen molar-refractivity contribution in [3.8, 4) is 5.69 Å². The maximum absolute atomic E-state index is 12.5. The number of esters is 1. The number of carbonyl (C=O) groups excluding carboxylic acids is 3. The van der Waals surface area contributed by atoms with Gasteiger partial charge in [-0.05, 0) is 18.2 Å². The van der Waals surface area contributed by atoms with Crippen molar-refractivity contribution in [2.75, 3.05) is 12.8 Å². The van der Waals surface area contributed by atoms with Crippen LogP contribution in [-0.2, 0) is 4.74 Å². The van der Waals surface area contributed by atoms with Crippen LogP contribution in [0.15, 0.2) is 33.5 Å². The van der Waals surface area contributed by atoms with Crippen LogP contribution in [0, 0.1) is 0 Å². The van der Waals surface area contributed by atoms with Crippen LogP contribution in [0.3, 0.4) is 0 Å². The number of hydrogen-bond acceptors (Lipinski definition) is 6. The van der Waals surface area contributed by atoms with Gasteiger partial charge < -0.3 is 10.5 Å². The van der Waals surface area contributed by atoms with Gasteiger partial charge in [0.25, 0.3) is 17.4 Å². The van der Waals surface area contributed by atoms with Gasteiger partial charge in [-0.25, -0.2) is 4.79 Å². The Morgan fingerprint density at radius 1 is 1.21 bits per heavy atom. The van der Waals surface area contributed by atoms with Gasteiger partial charge >= 0.3 is 5.97 Å². The van der Waals surface area contributed by atoms with Gasteiger partial charge in [0.1, 0.15) is 5.82 Å². The number of anilines is 1. The summed E-state index contributed by atoms with van der Waals surface area (Å²) in [5.41, 5.74) is 5.33. The SMILES string of the molecule is COC(=O)c1ccc(Br)cc1-n1c(N)c2c(cc1=O)C(=O)NC2=O. The van der Waals surface area contributed by atoms with Crippen molar-refractivity contribution in [3.63, 3.8) is 0 Å². The number of imide groups is 1. The lowest BCUT2D eigenvalue weighted by Gasteiger charge is -2.15. The second-order valence-corrected chi connectivity index (χ2v) is 5.84. The molecular weight excluding hydrogens is 382 g/mol. The molecule has 0 unspecified atom stereocenters. The maximum atomic E-state index is 12.5. The molecule has 3 N–H and O–H groups in total. The molecule has 0 fully saturated rings. The Morgan fingerprint density at radius 2 is 1.92 bits per heavy atom. The fraction of sp³-hybridized carbons (Fsp3) is 0.0667. The summed E-state index contributed by atoms with van der Waals surface area (Å²) in [5.74, 6) is -2.29. The van der Waals surface area contributed by atoms with Crippen molar-refractivity contribution in [2.24, 2.45) is 0 Å². The first kappa shape index (κ1) is 15.9. The second kappa shape index (κ2) is 5.60. The summed E-state index contributed by atoms with van der Waals surface area (Å²) < 4.78 is 6.28. The number of rotatable bonds is 2. The molecule has 1 aromatic carbocycles. The smallest absolute Gasteiger partial charge is 0.339 e. The van der Waals surface area contributed by atoms with E-state index in [0.717, 1.165) is 10.6 Å². The molecule has 1 aliphatic rings. The normalized spacial score (nSPS) is 12.8. The minimum atomic E-state index is -0.698. The highest BCUT2D eigenvalue weighted by Gasteiger charge is 2.32. The summed E-state index contributed by atoms with van der Waals surface area (Å²) in [7, 11) is 1.20. The zero-order chi connectivity index (χ0) is 17.6. The fourth-order valence-corrected chi connectivity index (χ4v) is 2.85. The lowest BCUT2D eigenvalue weighted by atomic mass is 10.1. The monoisotopic (exact) mass is 391 g/mol. The Hall–Kier alpha value is -2.94. The number of hydrogen-bond donors (Lipinski definition) is 2. The first-order chi connectivity index (χ1) is 11.3. The summed E-state index contributed by atoms with van der Waals surface area (Å²) in [6, 6.07) is 5.55. The minimum Gasteiger partial charge on any atom is -0.465 e. The fourth-order valence-electron chi connectivity index (χ4n) is 2.50. The maximum Gasteiger partial charge on any atom is 0.339 e. The molecule has 1 aromatic heterocycles. The highest BCUT2D eigenvalue weighted by atomic mass is 79.9. The predicted molar refractivity (Wildman–Crippen MR) is 87.3 cm³/mol. The number of aromatic nitrogens is 1. The molecule has 8 nitrogen and oxygen atoms in total. The van der Waals surface area contributed by atoms with Gasteiger partial charge in [0.05, 0.1) is 29.5 Å². The largest absolute Gasteiger partial charge is 0.465 e. The molecule has 0 atom stereocenters. The Bertz CT molecular complexity index is 980. The van der Waals surface area contributed by atoms with E-state index in [0.29, 0.717) is 4.47 Å². The van der Waals surface area contributed by atoms with Crippen molar-refractivity contribution in [1.29, 1.82) is 0 Å². The third-order valence-corrected chi connectivity index (χ3v) is 4.05. The van der Waals surface area contributed by atoms with Gasteiger partial charge in [0, 0.05) is 10.5 Å². The third kappa shape index (κ3) is 2.29. The van der Waals surface area contributed by atoms with E-state index in [-0.39, 0.29) is 28.2 Å². The van der Waals surface area contributed by atoms with Gasteiger partial charge in [-0.15, -0.1) is 0 Å². The number of carbonyl (C=O) groups is 3. The molecule has 2 heterocycles. The summed E-state index contributed by atoms with van der Waals surface area (Å²) in [6.07, 6.45) is 0. The van der Waals surface area contributed by atoms with Crippen molar-refractivity contribution in [3.05, 3.63) is 55.8 Å². The van der Waals surface area contributed by atoms with Gasteiger partial charge in [-0.1, -0.05) is 15.9 Å². The molecule has 3 rings (SSSR count). The number of halogens is 1. The molecule has 9 heteroatoms. The average molecular weight is 392 g/mol. The lowest BCUT2D eigenvalue weighted by Crippen LogP contribution is -2.25. The molecule has 0 aliphatic carbocycles. The molecule has 24 heavy (non-hydrogen) atoms. The minimum absolute atomic E-state index is 0.0826. The molecule has 0 bridgehead atoms. The summed E-state index contributed by atoms with van der Waals surface area (Å²) in [5, 5.41) is 2.08. The highest BCUT2D eigenvalue weighted by Crippen LogP contribution is 2.26.